The second-order valence-electron chi connectivity index (χ2n) is 7.78. The molecule has 156 valence electrons. The number of aromatic amines is 1. The van der Waals surface area contributed by atoms with E-state index in [0.717, 1.165) is 30.7 Å². The highest BCUT2D eigenvalue weighted by Gasteiger charge is 2.06. The van der Waals surface area contributed by atoms with Gasteiger partial charge in [0.25, 0.3) is 0 Å². The molecule has 28 heavy (non-hydrogen) atoms. The molecule has 1 aromatic carbocycles. The van der Waals surface area contributed by atoms with Crippen molar-refractivity contribution < 1.29 is 9.53 Å². The standard InChI is InChI=1S/C24H38N2O2/c1-3-4-5-6-7-8-9-10-11-12-17-28-22-13-14-24-23(18-22)21(19-26-24)15-16-25-20(2)27/h13-14,18-19,26H,3-12,15-17H2,1-2H3,(H,25,27). The van der Waals surface area contributed by atoms with Gasteiger partial charge in [-0.25, -0.2) is 0 Å². The van der Waals surface area contributed by atoms with Crippen molar-refractivity contribution >= 4 is 16.8 Å². The second-order valence-corrected chi connectivity index (χ2v) is 7.78. The lowest BCUT2D eigenvalue weighted by atomic mass is 10.1. The summed E-state index contributed by atoms with van der Waals surface area (Å²) >= 11 is 0. The lowest BCUT2D eigenvalue weighted by molar-refractivity contribution is -0.118. The van der Waals surface area contributed by atoms with E-state index in [9.17, 15) is 4.79 Å². The van der Waals surface area contributed by atoms with E-state index >= 15 is 0 Å². The number of hydrogen-bond acceptors (Lipinski definition) is 2. The monoisotopic (exact) mass is 386 g/mol. The Labute approximate surface area is 170 Å². The number of ether oxygens (including phenoxy) is 1. The van der Waals surface area contributed by atoms with Gasteiger partial charge >= 0.3 is 0 Å². The van der Waals surface area contributed by atoms with E-state index in [0.29, 0.717) is 6.54 Å². The van der Waals surface area contributed by atoms with Gasteiger partial charge in [-0.3, -0.25) is 4.79 Å². The first kappa shape index (κ1) is 22.3. The van der Waals surface area contributed by atoms with E-state index in [1.165, 1.54) is 68.7 Å². The number of aromatic nitrogens is 1. The molecule has 0 bridgehead atoms. The van der Waals surface area contributed by atoms with Crippen molar-refractivity contribution in [1.82, 2.24) is 10.3 Å². The van der Waals surface area contributed by atoms with Crippen LogP contribution < -0.4 is 10.1 Å². The van der Waals surface area contributed by atoms with Crippen molar-refractivity contribution in [2.75, 3.05) is 13.2 Å². The van der Waals surface area contributed by atoms with Gasteiger partial charge in [0.15, 0.2) is 0 Å². The van der Waals surface area contributed by atoms with Crippen LogP contribution >= 0.6 is 0 Å². The number of amides is 1. The number of benzene rings is 1. The number of carbonyl (C=O) groups excluding carboxylic acids is 1. The molecule has 0 saturated heterocycles. The number of fused-ring (bicyclic) bond motifs is 1. The van der Waals surface area contributed by atoms with Gasteiger partial charge in [0.2, 0.25) is 5.91 Å². The van der Waals surface area contributed by atoms with Crippen LogP contribution in [0.15, 0.2) is 24.4 Å². The Balaban J connectivity index is 1.62. The van der Waals surface area contributed by atoms with Crippen LogP contribution in [0, 0.1) is 0 Å². The predicted molar refractivity (Wildman–Crippen MR) is 118 cm³/mol. The SMILES string of the molecule is CCCCCCCCCCCCOc1ccc2[nH]cc(CCNC(C)=O)c2c1. The molecule has 1 heterocycles. The van der Waals surface area contributed by atoms with Gasteiger partial charge in [-0.1, -0.05) is 64.7 Å². The first-order valence-electron chi connectivity index (χ1n) is 11.2. The van der Waals surface area contributed by atoms with Gasteiger partial charge in [0.1, 0.15) is 5.75 Å². The molecule has 2 N–H and O–H groups in total. The molecular formula is C24H38N2O2. The van der Waals surface area contributed by atoms with Gasteiger partial charge in [-0.2, -0.15) is 0 Å². The Hall–Kier alpha value is -1.97. The Kier molecular flexibility index (Phi) is 10.6. The van der Waals surface area contributed by atoms with Gasteiger partial charge in [0.05, 0.1) is 6.61 Å². The molecule has 0 aliphatic heterocycles. The molecule has 4 nitrogen and oxygen atoms in total. The minimum Gasteiger partial charge on any atom is -0.494 e. The second kappa shape index (κ2) is 13.2. The Morgan fingerprint density at radius 2 is 1.68 bits per heavy atom. The third-order valence-corrected chi connectivity index (χ3v) is 5.27. The number of rotatable bonds is 15. The maximum absolute atomic E-state index is 11.0. The number of H-pyrrole nitrogens is 1. The van der Waals surface area contributed by atoms with Crippen molar-refractivity contribution in [3.8, 4) is 5.75 Å². The fourth-order valence-electron chi connectivity index (χ4n) is 3.61. The normalized spacial score (nSPS) is 11.1. The average molecular weight is 387 g/mol. The quantitative estimate of drug-likeness (QED) is 0.361. The predicted octanol–water partition coefficient (Wildman–Crippen LogP) is 6.15. The van der Waals surface area contributed by atoms with E-state index in [1.807, 2.05) is 12.3 Å². The van der Waals surface area contributed by atoms with Crippen LogP contribution in [-0.4, -0.2) is 24.0 Å². The molecular weight excluding hydrogens is 348 g/mol. The topological polar surface area (TPSA) is 54.1 Å². The molecule has 0 fully saturated rings. The molecule has 1 amide bonds. The molecule has 0 atom stereocenters. The highest BCUT2D eigenvalue weighted by molar-refractivity contribution is 5.84. The number of hydrogen-bond donors (Lipinski definition) is 2. The molecule has 0 aliphatic carbocycles. The molecule has 0 radical (unpaired) electrons. The summed E-state index contributed by atoms with van der Waals surface area (Å²) in [5, 5.41) is 4.04. The molecule has 4 heteroatoms. The molecule has 0 aliphatic rings. The summed E-state index contributed by atoms with van der Waals surface area (Å²) in [6.45, 7) is 5.26. The van der Waals surface area contributed by atoms with Crippen molar-refractivity contribution in [3.05, 3.63) is 30.0 Å². The zero-order valence-corrected chi connectivity index (χ0v) is 17.8. The number of unbranched alkanes of at least 4 members (excludes halogenated alkanes) is 9. The Morgan fingerprint density at radius 3 is 2.36 bits per heavy atom. The summed E-state index contributed by atoms with van der Waals surface area (Å²) in [5.41, 5.74) is 2.33. The molecule has 0 spiro atoms. The molecule has 2 aromatic rings. The zero-order chi connectivity index (χ0) is 20.0. The van der Waals surface area contributed by atoms with Gasteiger partial charge in [-0.05, 0) is 36.6 Å². The Morgan fingerprint density at radius 1 is 1.00 bits per heavy atom. The lowest BCUT2D eigenvalue weighted by Crippen LogP contribution is -2.22. The maximum atomic E-state index is 11.0. The lowest BCUT2D eigenvalue weighted by Gasteiger charge is -2.07. The van der Waals surface area contributed by atoms with Crippen LogP contribution in [0.25, 0.3) is 10.9 Å². The van der Waals surface area contributed by atoms with Crippen molar-refractivity contribution in [1.29, 1.82) is 0 Å². The van der Waals surface area contributed by atoms with Crippen molar-refractivity contribution in [2.45, 2.75) is 84.5 Å². The smallest absolute Gasteiger partial charge is 0.216 e. The van der Waals surface area contributed by atoms with Crippen LogP contribution in [0.2, 0.25) is 0 Å². The summed E-state index contributed by atoms with van der Waals surface area (Å²) in [5.74, 6) is 0.948. The van der Waals surface area contributed by atoms with Crippen molar-refractivity contribution in [2.24, 2.45) is 0 Å². The average Bonchev–Trinajstić information content (AvgIpc) is 3.08. The van der Waals surface area contributed by atoms with Gasteiger partial charge in [0, 0.05) is 30.6 Å². The molecule has 2 rings (SSSR count). The summed E-state index contributed by atoms with van der Waals surface area (Å²) in [6.07, 6.45) is 16.2. The van der Waals surface area contributed by atoms with E-state index < -0.39 is 0 Å². The minimum absolute atomic E-state index is 0.0142. The van der Waals surface area contributed by atoms with Crippen LogP contribution in [0.1, 0.15) is 83.6 Å². The van der Waals surface area contributed by atoms with E-state index in [2.05, 4.69) is 29.4 Å². The Bertz CT molecular complexity index is 693. The van der Waals surface area contributed by atoms with E-state index in [4.69, 9.17) is 4.74 Å². The largest absolute Gasteiger partial charge is 0.494 e. The summed E-state index contributed by atoms with van der Waals surface area (Å²) in [7, 11) is 0. The fraction of sp³-hybridized carbons (Fsp3) is 0.625. The maximum Gasteiger partial charge on any atom is 0.216 e. The van der Waals surface area contributed by atoms with Crippen LogP contribution in [0.3, 0.4) is 0 Å². The highest BCUT2D eigenvalue weighted by atomic mass is 16.5. The van der Waals surface area contributed by atoms with Gasteiger partial charge in [-0.15, -0.1) is 0 Å². The van der Waals surface area contributed by atoms with Crippen LogP contribution in [0.4, 0.5) is 0 Å². The third kappa shape index (κ3) is 8.37. The highest BCUT2D eigenvalue weighted by Crippen LogP contribution is 2.24. The minimum atomic E-state index is 0.0142. The fourth-order valence-corrected chi connectivity index (χ4v) is 3.61. The molecule has 0 unspecified atom stereocenters. The summed E-state index contributed by atoms with van der Waals surface area (Å²) < 4.78 is 5.97. The van der Waals surface area contributed by atoms with Gasteiger partial charge < -0.3 is 15.0 Å². The number of carbonyl (C=O) groups is 1. The third-order valence-electron chi connectivity index (χ3n) is 5.27. The summed E-state index contributed by atoms with van der Waals surface area (Å²) in [6, 6.07) is 6.23. The van der Waals surface area contributed by atoms with Crippen LogP contribution in [-0.2, 0) is 11.2 Å². The first-order chi connectivity index (χ1) is 13.7. The van der Waals surface area contributed by atoms with E-state index in [1.54, 1.807) is 6.92 Å². The summed E-state index contributed by atoms with van der Waals surface area (Å²) in [4.78, 5) is 14.3. The van der Waals surface area contributed by atoms with Crippen molar-refractivity contribution in [3.63, 3.8) is 0 Å². The van der Waals surface area contributed by atoms with Crippen LogP contribution in [0.5, 0.6) is 5.75 Å². The first-order valence-corrected chi connectivity index (χ1v) is 11.2. The molecule has 1 aromatic heterocycles. The molecule has 0 saturated carbocycles. The zero-order valence-electron chi connectivity index (χ0n) is 17.8. The van der Waals surface area contributed by atoms with E-state index in [-0.39, 0.29) is 5.91 Å². The number of nitrogens with one attached hydrogen (secondary N) is 2.